The van der Waals surface area contributed by atoms with Crippen LogP contribution in [0.1, 0.15) is 43.2 Å². The number of hydrogen-bond acceptors (Lipinski definition) is 4. The van der Waals surface area contributed by atoms with Crippen LogP contribution in [0.15, 0.2) is 35.4 Å². The fourth-order valence-electron chi connectivity index (χ4n) is 4.11. The lowest BCUT2D eigenvalue weighted by atomic mass is 9.72. The van der Waals surface area contributed by atoms with Crippen LogP contribution in [-0.2, 0) is 24.2 Å². The van der Waals surface area contributed by atoms with Crippen LogP contribution in [0.5, 0.6) is 0 Å². The highest BCUT2D eigenvalue weighted by molar-refractivity contribution is 7.18. The summed E-state index contributed by atoms with van der Waals surface area (Å²) in [4.78, 5) is 32.3. The van der Waals surface area contributed by atoms with Crippen LogP contribution < -0.4 is 10.9 Å². The Hall–Kier alpha value is -2.47. The van der Waals surface area contributed by atoms with E-state index in [2.05, 4.69) is 31.1 Å². The van der Waals surface area contributed by atoms with Gasteiger partial charge < -0.3 is 5.32 Å². The predicted molar refractivity (Wildman–Crippen MR) is 119 cm³/mol. The van der Waals surface area contributed by atoms with E-state index in [0.717, 1.165) is 40.9 Å². The summed E-state index contributed by atoms with van der Waals surface area (Å²) in [5.74, 6) is 0.393. The number of carbonyl (C=O) groups is 1. The molecule has 0 saturated heterocycles. The van der Waals surface area contributed by atoms with Gasteiger partial charge in [-0.25, -0.2) is 4.98 Å². The monoisotopic (exact) mass is 409 g/mol. The summed E-state index contributed by atoms with van der Waals surface area (Å²) in [6.45, 7) is 8.76. The van der Waals surface area contributed by atoms with Crippen LogP contribution in [0.2, 0.25) is 0 Å². The number of carbonyl (C=O) groups excluding carboxylic acids is 1. The Balaban J connectivity index is 1.61. The van der Waals surface area contributed by atoms with E-state index in [1.165, 1.54) is 15.8 Å². The number of nitrogens with zero attached hydrogens (tertiary/aromatic N) is 2. The molecule has 0 spiro atoms. The number of rotatable bonds is 3. The van der Waals surface area contributed by atoms with E-state index in [0.29, 0.717) is 11.3 Å². The van der Waals surface area contributed by atoms with E-state index in [1.54, 1.807) is 11.3 Å². The van der Waals surface area contributed by atoms with Crippen molar-refractivity contribution in [1.29, 1.82) is 0 Å². The third-order valence-electron chi connectivity index (χ3n) is 5.99. The number of nitrogens with one attached hydrogen (secondary N) is 1. The lowest BCUT2D eigenvalue weighted by Crippen LogP contribution is -2.29. The van der Waals surface area contributed by atoms with Crippen LogP contribution in [0, 0.1) is 18.3 Å². The number of fused-ring (bicyclic) bond motifs is 3. The maximum atomic E-state index is 13.1. The minimum Gasteiger partial charge on any atom is -0.324 e. The van der Waals surface area contributed by atoms with Gasteiger partial charge in [-0.1, -0.05) is 39.0 Å². The molecule has 1 aromatic carbocycles. The first-order valence-electron chi connectivity index (χ1n) is 10.1. The average molecular weight is 410 g/mol. The highest BCUT2D eigenvalue weighted by atomic mass is 32.1. The summed E-state index contributed by atoms with van der Waals surface area (Å²) in [5, 5.41) is 3.60. The molecule has 6 heteroatoms. The molecule has 2 heterocycles. The van der Waals surface area contributed by atoms with Gasteiger partial charge in [0.2, 0.25) is 5.91 Å². The van der Waals surface area contributed by atoms with Crippen LogP contribution in [0.3, 0.4) is 0 Å². The van der Waals surface area contributed by atoms with Gasteiger partial charge in [0.25, 0.3) is 5.56 Å². The highest BCUT2D eigenvalue weighted by Crippen LogP contribution is 2.41. The number of benzene rings is 1. The molecule has 1 aliphatic rings. The zero-order chi connectivity index (χ0) is 20.8. The first-order chi connectivity index (χ1) is 13.7. The molecular formula is C23H27N3O2S. The maximum Gasteiger partial charge on any atom is 0.262 e. The van der Waals surface area contributed by atoms with E-state index in [-0.39, 0.29) is 23.4 Å². The Labute approximate surface area is 174 Å². The van der Waals surface area contributed by atoms with E-state index < -0.39 is 0 Å². The summed E-state index contributed by atoms with van der Waals surface area (Å²) in [7, 11) is 0. The summed E-state index contributed by atoms with van der Waals surface area (Å²) in [6, 6.07) is 7.61. The minimum atomic E-state index is -0.223. The Kier molecular flexibility index (Phi) is 5.07. The molecule has 4 rings (SSSR count). The number of anilines is 1. The molecule has 29 heavy (non-hydrogen) atoms. The van der Waals surface area contributed by atoms with Crippen molar-refractivity contribution in [2.24, 2.45) is 11.3 Å². The molecule has 0 radical (unpaired) electrons. The SMILES string of the molecule is Cc1ccccc1NC(=O)Cn1cnc2sc3c(c2c1=O)CCC(C(C)(C)C)C3. The zero-order valence-corrected chi connectivity index (χ0v) is 18.2. The second-order valence-corrected chi connectivity index (χ2v) is 10.1. The van der Waals surface area contributed by atoms with Crippen molar-refractivity contribution in [3.8, 4) is 0 Å². The van der Waals surface area contributed by atoms with Crippen LogP contribution in [-0.4, -0.2) is 15.5 Å². The van der Waals surface area contributed by atoms with Crippen molar-refractivity contribution in [3.63, 3.8) is 0 Å². The van der Waals surface area contributed by atoms with Gasteiger partial charge in [-0.3, -0.25) is 14.2 Å². The first kappa shape index (κ1) is 19.8. The lowest BCUT2D eigenvalue weighted by Gasteiger charge is -2.33. The van der Waals surface area contributed by atoms with Gasteiger partial charge in [0, 0.05) is 10.6 Å². The van der Waals surface area contributed by atoms with Crippen molar-refractivity contribution in [2.45, 2.75) is 53.5 Å². The third-order valence-corrected chi connectivity index (χ3v) is 7.16. The fraction of sp³-hybridized carbons (Fsp3) is 0.435. The molecule has 0 aliphatic heterocycles. The summed E-state index contributed by atoms with van der Waals surface area (Å²) in [6.07, 6.45) is 4.51. The Morgan fingerprint density at radius 2 is 2.07 bits per heavy atom. The number of thiophene rings is 1. The molecular weight excluding hydrogens is 382 g/mol. The largest absolute Gasteiger partial charge is 0.324 e. The average Bonchev–Trinajstić information content (AvgIpc) is 3.03. The van der Waals surface area contributed by atoms with Gasteiger partial charge in [0.05, 0.1) is 11.7 Å². The number of para-hydroxylation sites is 1. The minimum absolute atomic E-state index is 0.0364. The predicted octanol–water partition coefficient (Wildman–Crippen LogP) is 4.56. The highest BCUT2D eigenvalue weighted by Gasteiger charge is 2.31. The standard InChI is InChI=1S/C23H27N3O2S/c1-14-7-5-6-8-17(14)25-19(27)12-26-13-24-21-20(22(26)28)16-10-9-15(23(2,3)4)11-18(16)29-21/h5-8,13,15H,9-12H2,1-4H3,(H,25,27). The molecule has 0 bridgehead atoms. The Bertz CT molecular complexity index is 1140. The molecule has 1 atom stereocenters. The molecule has 152 valence electrons. The molecule has 1 amide bonds. The van der Waals surface area contributed by atoms with Crippen LogP contribution in [0.25, 0.3) is 10.2 Å². The third kappa shape index (κ3) is 3.86. The number of aryl methyl sites for hydroxylation is 2. The van der Waals surface area contributed by atoms with E-state index in [1.807, 2.05) is 31.2 Å². The Morgan fingerprint density at radius 1 is 1.31 bits per heavy atom. The zero-order valence-electron chi connectivity index (χ0n) is 17.4. The fourth-order valence-corrected chi connectivity index (χ4v) is 5.37. The van der Waals surface area contributed by atoms with Crippen molar-refractivity contribution in [3.05, 3.63) is 57.0 Å². The second kappa shape index (κ2) is 7.41. The van der Waals surface area contributed by atoms with Crippen molar-refractivity contribution in [2.75, 3.05) is 5.32 Å². The summed E-state index contributed by atoms with van der Waals surface area (Å²) < 4.78 is 1.43. The second-order valence-electron chi connectivity index (χ2n) is 9.03. The van der Waals surface area contributed by atoms with Crippen LogP contribution >= 0.6 is 11.3 Å². The van der Waals surface area contributed by atoms with Gasteiger partial charge in [-0.2, -0.15) is 0 Å². The topological polar surface area (TPSA) is 64.0 Å². The molecule has 2 aromatic heterocycles. The molecule has 0 fully saturated rings. The molecule has 3 aromatic rings. The van der Waals surface area contributed by atoms with Gasteiger partial charge in [-0.05, 0) is 54.7 Å². The molecule has 5 nitrogen and oxygen atoms in total. The van der Waals surface area contributed by atoms with E-state index in [4.69, 9.17) is 0 Å². The summed E-state index contributed by atoms with van der Waals surface area (Å²) >= 11 is 1.64. The van der Waals surface area contributed by atoms with Gasteiger partial charge >= 0.3 is 0 Å². The number of hydrogen-bond donors (Lipinski definition) is 1. The van der Waals surface area contributed by atoms with E-state index in [9.17, 15) is 9.59 Å². The van der Waals surface area contributed by atoms with Crippen molar-refractivity contribution < 1.29 is 4.79 Å². The Morgan fingerprint density at radius 3 is 2.79 bits per heavy atom. The number of amides is 1. The van der Waals surface area contributed by atoms with Gasteiger partial charge in [0.15, 0.2) is 0 Å². The lowest BCUT2D eigenvalue weighted by molar-refractivity contribution is -0.116. The van der Waals surface area contributed by atoms with Crippen molar-refractivity contribution in [1.82, 2.24) is 9.55 Å². The molecule has 1 aliphatic carbocycles. The summed E-state index contributed by atoms with van der Waals surface area (Å²) in [5.41, 5.74) is 3.05. The maximum absolute atomic E-state index is 13.1. The quantitative estimate of drug-likeness (QED) is 0.690. The normalized spacial score (nSPS) is 16.6. The van der Waals surface area contributed by atoms with Gasteiger partial charge in [0.1, 0.15) is 11.4 Å². The first-order valence-corrected chi connectivity index (χ1v) is 10.9. The van der Waals surface area contributed by atoms with Gasteiger partial charge in [-0.15, -0.1) is 11.3 Å². The molecule has 1 unspecified atom stereocenters. The smallest absolute Gasteiger partial charge is 0.262 e. The number of aromatic nitrogens is 2. The van der Waals surface area contributed by atoms with Crippen molar-refractivity contribution >= 4 is 33.1 Å². The molecule has 0 saturated carbocycles. The van der Waals surface area contributed by atoms with Crippen LogP contribution in [0.4, 0.5) is 5.69 Å². The van der Waals surface area contributed by atoms with E-state index >= 15 is 0 Å². The molecule has 1 N–H and O–H groups in total.